The summed E-state index contributed by atoms with van der Waals surface area (Å²) in [6, 6.07) is 89.2. The van der Waals surface area contributed by atoms with E-state index in [2.05, 4.69) is 266 Å². The molecule has 2 heterocycles. The maximum atomic E-state index is 6.86. The lowest BCUT2D eigenvalue weighted by molar-refractivity contribution is 0.669. The van der Waals surface area contributed by atoms with E-state index in [0.29, 0.717) is 0 Å². The third-order valence-corrected chi connectivity index (χ3v) is 18.5. The first-order chi connectivity index (χ1) is 34.5. The summed E-state index contributed by atoms with van der Waals surface area (Å²) in [7, 11) is -2.18. The average molecular weight is 911 g/mol. The molecule has 70 heavy (non-hydrogen) atoms. The monoisotopic (exact) mass is 910 g/mol. The highest BCUT2D eigenvalue weighted by molar-refractivity contribution is 7.04. The van der Waals surface area contributed by atoms with Gasteiger partial charge >= 0.3 is 0 Å². The molecular weight excluding hydrogens is 865 g/mol. The van der Waals surface area contributed by atoms with Gasteiger partial charge in [0.25, 0.3) is 0 Å². The van der Waals surface area contributed by atoms with E-state index < -0.39 is 8.07 Å². The van der Waals surface area contributed by atoms with Crippen LogP contribution in [0, 0.1) is 0 Å². The van der Waals surface area contributed by atoms with E-state index in [1.807, 2.05) is 0 Å². The fraction of sp³-hybridized carbons (Fsp3) is 0.0303. The molecule has 1 aliphatic heterocycles. The number of furan rings is 1. The minimum absolute atomic E-state index is 0.857. The summed E-state index contributed by atoms with van der Waals surface area (Å²) in [6.07, 6.45) is 0. The van der Waals surface area contributed by atoms with E-state index in [0.717, 1.165) is 61.3 Å². The molecule has 12 aromatic carbocycles. The highest BCUT2D eigenvalue weighted by Crippen LogP contribution is 2.53. The lowest BCUT2D eigenvalue weighted by Gasteiger charge is -2.33. The molecule has 0 atom stereocenters. The zero-order valence-corrected chi connectivity index (χ0v) is 39.9. The third-order valence-electron chi connectivity index (χ3n) is 15.0. The van der Waals surface area contributed by atoms with Crippen molar-refractivity contribution in [3.8, 4) is 33.4 Å². The molecule has 0 unspecified atom stereocenters. The predicted octanol–water partition coefficient (Wildman–Crippen LogP) is 17.6. The second-order valence-electron chi connectivity index (χ2n) is 19.2. The Bertz CT molecular complexity index is 4150. The lowest BCUT2D eigenvalue weighted by atomic mass is 9.85. The van der Waals surface area contributed by atoms with Crippen LogP contribution in [0.2, 0.25) is 13.1 Å². The number of fused-ring (bicyclic) bond motifs is 6. The first-order valence-electron chi connectivity index (χ1n) is 24.3. The Kier molecular flexibility index (Phi) is 9.04. The molecule has 1 aliphatic rings. The minimum atomic E-state index is -2.18. The van der Waals surface area contributed by atoms with Crippen LogP contribution in [-0.4, -0.2) is 8.07 Å². The summed E-state index contributed by atoms with van der Waals surface area (Å²) >= 11 is 0. The van der Waals surface area contributed by atoms with Crippen molar-refractivity contribution in [3.05, 3.63) is 243 Å². The molecule has 0 amide bonds. The minimum Gasteiger partial charge on any atom is -0.454 e. The maximum absolute atomic E-state index is 6.86. The van der Waals surface area contributed by atoms with Crippen LogP contribution in [0.15, 0.2) is 247 Å². The largest absolute Gasteiger partial charge is 0.454 e. The Morgan fingerprint density at radius 3 is 1.40 bits per heavy atom. The number of benzene rings is 12. The van der Waals surface area contributed by atoms with Crippen molar-refractivity contribution in [1.82, 2.24) is 0 Å². The quantitative estimate of drug-likeness (QED) is 0.112. The van der Waals surface area contributed by atoms with Gasteiger partial charge in [-0.2, -0.15) is 0 Å². The van der Waals surface area contributed by atoms with Gasteiger partial charge in [-0.3, -0.25) is 0 Å². The van der Waals surface area contributed by atoms with Crippen molar-refractivity contribution in [2.75, 3.05) is 9.80 Å². The molecule has 0 saturated heterocycles. The molecule has 0 bridgehead atoms. The molecule has 13 aromatic rings. The molecule has 4 heteroatoms. The van der Waals surface area contributed by atoms with Crippen LogP contribution in [0.5, 0.6) is 0 Å². The average Bonchev–Trinajstić information content (AvgIpc) is 3.92. The summed E-state index contributed by atoms with van der Waals surface area (Å²) in [5, 5.41) is 12.4. The predicted molar refractivity (Wildman–Crippen MR) is 300 cm³/mol. The molecular formula is C66H46N2OSi. The highest BCUT2D eigenvalue weighted by Gasteiger charge is 2.41. The zero-order chi connectivity index (χ0) is 46.5. The van der Waals surface area contributed by atoms with E-state index in [1.165, 1.54) is 70.8 Å². The number of hydrogen-bond donors (Lipinski definition) is 0. The van der Waals surface area contributed by atoms with Crippen molar-refractivity contribution in [3.63, 3.8) is 0 Å². The van der Waals surface area contributed by atoms with Crippen molar-refractivity contribution in [2.24, 2.45) is 0 Å². The van der Waals surface area contributed by atoms with Gasteiger partial charge in [0.05, 0.1) is 17.1 Å². The van der Waals surface area contributed by atoms with Gasteiger partial charge in [-0.25, -0.2) is 0 Å². The fourth-order valence-electron chi connectivity index (χ4n) is 11.9. The highest BCUT2D eigenvalue weighted by atomic mass is 28.3. The Morgan fingerprint density at radius 1 is 0.329 bits per heavy atom. The standard InChI is InChI=1S/C66H46N2OSi/c1-70(2)62-36-18-16-30-48(62)52-32-20-34-58(66(52)70)68(46-27-13-6-14-28-46)60-42-56(44-23-9-4-10-24-44)50-37-39-53-59(41-55(43-21-7-3-8-22-43)49-38-40-54(60)64(50)63(49)53)67(45-25-11-5-12-26-45)57-33-19-31-51-47-29-15-17-35-61(47)69-65(51)57/h3-42H,1-2H3. The van der Waals surface area contributed by atoms with Gasteiger partial charge in [0.2, 0.25) is 0 Å². The topological polar surface area (TPSA) is 19.6 Å². The zero-order valence-electron chi connectivity index (χ0n) is 38.9. The van der Waals surface area contributed by atoms with Gasteiger partial charge in [-0.05, 0) is 109 Å². The van der Waals surface area contributed by atoms with Crippen molar-refractivity contribution < 1.29 is 4.42 Å². The van der Waals surface area contributed by atoms with E-state index >= 15 is 0 Å². The molecule has 14 rings (SSSR count). The van der Waals surface area contributed by atoms with E-state index in [4.69, 9.17) is 4.42 Å². The Labute approximate surface area is 408 Å². The summed E-state index contributed by atoms with van der Waals surface area (Å²) in [6.45, 7) is 5.06. The van der Waals surface area contributed by atoms with E-state index in [9.17, 15) is 0 Å². The van der Waals surface area contributed by atoms with Crippen LogP contribution in [-0.2, 0) is 0 Å². The second-order valence-corrected chi connectivity index (χ2v) is 23.4. The molecule has 0 radical (unpaired) electrons. The molecule has 0 fully saturated rings. The fourth-order valence-corrected chi connectivity index (χ4v) is 15.3. The molecule has 3 nitrogen and oxygen atoms in total. The second kappa shape index (κ2) is 15.7. The normalized spacial score (nSPS) is 12.8. The molecule has 0 aliphatic carbocycles. The van der Waals surface area contributed by atoms with Crippen LogP contribution in [0.25, 0.3) is 87.6 Å². The van der Waals surface area contributed by atoms with Crippen LogP contribution in [0.1, 0.15) is 0 Å². The Morgan fingerprint density at radius 2 is 0.786 bits per heavy atom. The van der Waals surface area contributed by atoms with Crippen LogP contribution < -0.4 is 20.2 Å². The number of hydrogen-bond acceptors (Lipinski definition) is 3. The van der Waals surface area contributed by atoms with Gasteiger partial charge < -0.3 is 14.2 Å². The van der Waals surface area contributed by atoms with Gasteiger partial charge in [0, 0.05) is 49.4 Å². The summed E-state index contributed by atoms with van der Waals surface area (Å²) in [5.74, 6) is 0. The summed E-state index contributed by atoms with van der Waals surface area (Å²) < 4.78 is 6.86. The Balaban J connectivity index is 1.14. The van der Waals surface area contributed by atoms with Crippen molar-refractivity contribution in [1.29, 1.82) is 0 Å². The molecule has 0 saturated carbocycles. The first-order valence-corrected chi connectivity index (χ1v) is 27.3. The number of rotatable bonds is 8. The van der Waals surface area contributed by atoms with E-state index in [1.54, 1.807) is 0 Å². The van der Waals surface area contributed by atoms with Crippen molar-refractivity contribution >= 4 is 107 Å². The molecule has 0 spiro atoms. The number of nitrogens with zero attached hydrogens (tertiary/aromatic N) is 2. The smallest absolute Gasteiger partial charge is 0.159 e. The van der Waals surface area contributed by atoms with Gasteiger partial charge in [0.1, 0.15) is 13.7 Å². The molecule has 1 aromatic heterocycles. The molecule has 330 valence electrons. The third kappa shape index (κ3) is 6.00. The van der Waals surface area contributed by atoms with Crippen LogP contribution in [0.4, 0.5) is 34.1 Å². The molecule has 0 N–H and O–H groups in total. The van der Waals surface area contributed by atoms with Gasteiger partial charge in [-0.15, -0.1) is 0 Å². The Hall–Kier alpha value is -8.70. The number of anilines is 6. The maximum Gasteiger partial charge on any atom is 0.159 e. The summed E-state index contributed by atoms with van der Waals surface area (Å²) in [5.41, 5.74) is 15.8. The van der Waals surface area contributed by atoms with Gasteiger partial charge in [-0.1, -0.05) is 201 Å². The lowest BCUT2D eigenvalue weighted by Crippen LogP contribution is -2.50. The first kappa shape index (κ1) is 40.4. The SMILES string of the molecule is C[Si]1(C)c2ccccc2-c2cccc(N(c3ccccc3)c3cc(-c4ccccc4)c4ccc5c(N(c6ccccc6)c6cccc7c6oc6ccccc67)cc(-c6ccccc6)c6ccc3c4c65)c21. The van der Waals surface area contributed by atoms with Crippen molar-refractivity contribution in [2.45, 2.75) is 13.1 Å². The van der Waals surface area contributed by atoms with E-state index in [-0.39, 0.29) is 0 Å². The van der Waals surface area contributed by atoms with Crippen LogP contribution in [0.3, 0.4) is 0 Å². The number of para-hydroxylation sites is 4. The van der Waals surface area contributed by atoms with Crippen LogP contribution >= 0.6 is 0 Å². The van der Waals surface area contributed by atoms with Gasteiger partial charge in [0.15, 0.2) is 5.58 Å². The summed E-state index contributed by atoms with van der Waals surface area (Å²) in [4.78, 5) is 5.01.